The van der Waals surface area contributed by atoms with Crippen molar-refractivity contribution >= 4 is 0 Å². The van der Waals surface area contributed by atoms with Crippen molar-refractivity contribution in [2.24, 2.45) is 5.92 Å². The van der Waals surface area contributed by atoms with Crippen LogP contribution in [0.2, 0.25) is 0 Å². The molecule has 0 heterocycles. The highest BCUT2D eigenvalue weighted by atomic mass is 17.1. The van der Waals surface area contributed by atoms with Gasteiger partial charge in [-0.3, -0.25) is 5.26 Å². The highest BCUT2D eigenvalue weighted by Crippen LogP contribution is 2.45. The van der Waals surface area contributed by atoms with Crippen molar-refractivity contribution < 1.29 is 10.1 Å². The van der Waals surface area contributed by atoms with Gasteiger partial charge in [-0.1, -0.05) is 25.7 Å². The first kappa shape index (κ1) is 8.52. The van der Waals surface area contributed by atoms with Crippen molar-refractivity contribution in [1.82, 2.24) is 0 Å². The van der Waals surface area contributed by atoms with Gasteiger partial charge in [0.15, 0.2) is 0 Å². The van der Waals surface area contributed by atoms with Crippen molar-refractivity contribution in [3.8, 4) is 0 Å². The summed E-state index contributed by atoms with van der Waals surface area (Å²) in [6, 6.07) is 0. The summed E-state index contributed by atoms with van der Waals surface area (Å²) in [4.78, 5) is 4.78. The molecule has 0 aliphatic heterocycles. The zero-order chi connectivity index (χ0) is 8.44. The van der Waals surface area contributed by atoms with Gasteiger partial charge in [-0.25, -0.2) is 4.89 Å². The third-order valence-corrected chi connectivity index (χ3v) is 3.73. The SMILES string of the molecule is OOC1(C2CCCC2)CCCC1. The Morgan fingerprint density at radius 2 is 1.58 bits per heavy atom. The fraction of sp³-hybridized carbons (Fsp3) is 1.00. The van der Waals surface area contributed by atoms with Crippen molar-refractivity contribution in [1.29, 1.82) is 0 Å². The molecular weight excluding hydrogens is 152 g/mol. The van der Waals surface area contributed by atoms with Crippen LogP contribution in [0.25, 0.3) is 0 Å². The second-order valence-electron chi connectivity index (χ2n) is 4.34. The third kappa shape index (κ3) is 1.27. The van der Waals surface area contributed by atoms with Gasteiger partial charge in [-0.15, -0.1) is 0 Å². The summed E-state index contributed by atoms with van der Waals surface area (Å²) in [5.41, 5.74) is -0.128. The summed E-state index contributed by atoms with van der Waals surface area (Å²) in [6.45, 7) is 0. The van der Waals surface area contributed by atoms with E-state index in [9.17, 15) is 0 Å². The van der Waals surface area contributed by atoms with E-state index in [-0.39, 0.29) is 5.60 Å². The second kappa shape index (κ2) is 3.35. The predicted octanol–water partition coefficient (Wildman–Crippen LogP) is 2.98. The molecule has 2 fully saturated rings. The predicted molar refractivity (Wildman–Crippen MR) is 46.9 cm³/mol. The normalized spacial score (nSPS) is 29.8. The molecule has 0 radical (unpaired) electrons. The van der Waals surface area contributed by atoms with E-state index in [1.54, 1.807) is 0 Å². The number of hydrogen-bond acceptors (Lipinski definition) is 2. The van der Waals surface area contributed by atoms with Crippen molar-refractivity contribution in [2.45, 2.75) is 57.0 Å². The molecular formula is C10H18O2. The minimum absolute atomic E-state index is 0.128. The lowest BCUT2D eigenvalue weighted by Crippen LogP contribution is -2.35. The molecule has 0 spiro atoms. The van der Waals surface area contributed by atoms with Crippen LogP contribution in [0.5, 0.6) is 0 Å². The van der Waals surface area contributed by atoms with E-state index >= 15 is 0 Å². The van der Waals surface area contributed by atoms with E-state index < -0.39 is 0 Å². The molecule has 0 amide bonds. The molecule has 12 heavy (non-hydrogen) atoms. The quantitative estimate of drug-likeness (QED) is 0.510. The van der Waals surface area contributed by atoms with Crippen LogP contribution in [-0.2, 0) is 4.89 Å². The highest BCUT2D eigenvalue weighted by molar-refractivity contribution is 4.93. The van der Waals surface area contributed by atoms with Crippen molar-refractivity contribution in [3.05, 3.63) is 0 Å². The summed E-state index contributed by atoms with van der Waals surface area (Å²) >= 11 is 0. The fourth-order valence-corrected chi connectivity index (χ4v) is 3.00. The zero-order valence-electron chi connectivity index (χ0n) is 7.59. The molecule has 0 aromatic rings. The Morgan fingerprint density at radius 3 is 2.08 bits per heavy atom. The molecule has 2 heteroatoms. The highest BCUT2D eigenvalue weighted by Gasteiger charge is 2.43. The molecule has 0 unspecified atom stereocenters. The first-order valence-electron chi connectivity index (χ1n) is 5.20. The summed E-state index contributed by atoms with van der Waals surface area (Å²) in [5, 5.41) is 8.98. The lowest BCUT2D eigenvalue weighted by atomic mass is 9.85. The average Bonchev–Trinajstić information content (AvgIpc) is 2.76. The molecule has 0 atom stereocenters. The Morgan fingerprint density at radius 1 is 1.00 bits per heavy atom. The van der Waals surface area contributed by atoms with Crippen LogP contribution < -0.4 is 0 Å². The molecule has 2 aliphatic carbocycles. The lowest BCUT2D eigenvalue weighted by Gasteiger charge is -2.31. The van der Waals surface area contributed by atoms with E-state index in [2.05, 4.69) is 0 Å². The Labute approximate surface area is 73.8 Å². The summed E-state index contributed by atoms with van der Waals surface area (Å²) < 4.78 is 0. The second-order valence-corrected chi connectivity index (χ2v) is 4.34. The van der Waals surface area contributed by atoms with Crippen molar-refractivity contribution in [2.75, 3.05) is 0 Å². The maximum absolute atomic E-state index is 8.98. The first-order valence-corrected chi connectivity index (χ1v) is 5.20. The maximum atomic E-state index is 8.98. The molecule has 2 nitrogen and oxygen atoms in total. The van der Waals surface area contributed by atoms with Gasteiger partial charge in [0.05, 0.1) is 0 Å². The Bertz CT molecular complexity index is 144. The summed E-state index contributed by atoms with van der Waals surface area (Å²) in [7, 11) is 0. The van der Waals surface area contributed by atoms with Gasteiger partial charge in [0, 0.05) is 0 Å². The van der Waals surface area contributed by atoms with Crippen molar-refractivity contribution in [3.63, 3.8) is 0 Å². The Hall–Kier alpha value is -0.0800. The first-order chi connectivity index (χ1) is 5.87. The van der Waals surface area contributed by atoms with Crippen LogP contribution in [0.3, 0.4) is 0 Å². The molecule has 0 bridgehead atoms. The van der Waals surface area contributed by atoms with Gasteiger partial charge in [0.2, 0.25) is 0 Å². The van der Waals surface area contributed by atoms with Crippen LogP contribution in [0, 0.1) is 5.92 Å². The molecule has 2 saturated carbocycles. The van der Waals surface area contributed by atoms with Gasteiger partial charge in [-0.2, -0.15) is 0 Å². The minimum atomic E-state index is -0.128. The van der Waals surface area contributed by atoms with E-state index in [0.717, 1.165) is 12.8 Å². The van der Waals surface area contributed by atoms with Gasteiger partial charge in [-0.05, 0) is 31.6 Å². The van der Waals surface area contributed by atoms with Crippen LogP contribution >= 0.6 is 0 Å². The standard InChI is InChI=1S/C10H18O2/c11-12-10(7-3-4-8-10)9-5-1-2-6-9/h9,11H,1-8H2. The zero-order valence-corrected chi connectivity index (χ0v) is 7.59. The molecule has 0 aromatic carbocycles. The third-order valence-electron chi connectivity index (χ3n) is 3.73. The molecule has 0 aromatic heterocycles. The number of rotatable bonds is 2. The fourth-order valence-electron chi connectivity index (χ4n) is 3.00. The maximum Gasteiger partial charge on any atom is 0.106 e. The molecule has 2 rings (SSSR count). The average molecular weight is 170 g/mol. The van der Waals surface area contributed by atoms with E-state index in [1.165, 1.54) is 38.5 Å². The Kier molecular flexibility index (Phi) is 2.37. The van der Waals surface area contributed by atoms with Crippen LogP contribution in [0.4, 0.5) is 0 Å². The van der Waals surface area contributed by atoms with E-state index in [4.69, 9.17) is 10.1 Å². The van der Waals surface area contributed by atoms with Gasteiger partial charge < -0.3 is 0 Å². The lowest BCUT2D eigenvalue weighted by molar-refractivity contribution is -0.335. The number of hydrogen-bond donors (Lipinski definition) is 1. The topological polar surface area (TPSA) is 29.5 Å². The molecule has 1 N–H and O–H groups in total. The molecule has 70 valence electrons. The molecule has 0 saturated heterocycles. The summed E-state index contributed by atoms with van der Waals surface area (Å²) in [6.07, 6.45) is 9.81. The largest absolute Gasteiger partial charge is 0.251 e. The van der Waals surface area contributed by atoms with E-state index in [0.29, 0.717) is 5.92 Å². The van der Waals surface area contributed by atoms with Crippen LogP contribution in [0.15, 0.2) is 0 Å². The Balaban J connectivity index is 2.04. The smallest absolute Gasteiger partial charge is 0.106 e. The summed E-state index contributed by atoms with van der Waals surface area (Å²) in [5.74, 6) is 0.644. The molecule has 2 aliphatic rings. The van der Waals surface area contributed by atoms with E-state index in [1.807, 2.05) is 0 Å². The minimum Gasteiger partial charge on any atom is -0.251 e. The monoisotopic (exact) mass is 170 g/mol. The van der Waals surface area contributed by atoms with Crippen LogP contribution in [-0.4, -0.2) is 10.9 Å². The van der Waals surface area contributed by atoms with Gasteiger partial charge in [0.25, 0.3) is 0 Å². The van der Waals surface area contributed by atoms with Gasteiger partial charge >= 0.3 is 0 Å². The van der Waals surface area contributed by atoms with Crippen LogP contribution in [0.1, 0.15) is 51.4 Å². The van der Waals surface area contributed by atoms with Gasteiger partial charge in [0.1, 0.15) is 5.60 Å².